The van der Waals surface area contributed by atoms with Crippen LogP contribution in [0.1, 0.15) is 17.5 Å². The molecule has 0 amide bonds. The Morgan fingerprint density at radius 2 is 1.96 bits per heavy atom. The van der Waals surface area contributed by atoms with Crippen LogP contribution in [0.4, 0.5) is 10.3 Å². The number of nitrogens with zero attached hydrogens (tertiary/aromatic N) is 4. The molecule has 1 aliphatic heterocycles. The largest absolute Gasteiger partial charge is 0.381 e. The van der Waals surface area contributed by atoms with E-state index in [2.05, 4.69) is 14.9 Å². The summed E-state index contributed by atoms with van der Waals surface area (Å²) in [4.78, 5) is 13.0. The van der Waals surface area contributed by atoms with Crippen LogP contribution in [0.3, 0.4) is 0 Å². The molecule has 1 saturated heterocycles. The fourth-order valence-electron chi connectivity index (χ4n) is 3.60. The summed E-state index contributed by atoms with van der Waals surface area (Å²) in [7, 11) is 5.61. The van der Waals surface area contributed by atoms with Crippen molar-refractivity contribution in [3.8, 4) is 0 Å². The van der Waals surface area contributed by atoms with Gasteiger partial charge in [-0.2, -0.15) is 0 Å². The van der Waals surface area contributed by atoms with Crippen molar-refractivity contribution in [2.24, 2.45) is 5.92 Å². The van der Waals surface area contributed by atoms with E-state index in [1.54, 1.807) is 13.2 Å². The maximum atomic E-state index is 14.0. The Labute approximate surface area is 154 Å². The average molecular weight is 358 g/mol. The van der Waals surface area contributed by atoms with Crippen molar-refractivity contribution >= 4 is 5.95 Å². The number of halogens is 1. The smallest absolute Gasteiger partial charge is 0.224 e. The standard InChI is InChI=1S/C20H27FN4O/c1-24(2)20-22-11-15(12-23-20)13-25-9-8-19(26-3)17(14-25)10-16-6-4-5-7-18(16)21/h4-7,11-12,17,19H,8-10,13-14H2,1-3H3/t17-,19-/m1/s1. The van der Waals surface area contributed by atoms with Crippen LogP contribution >= 0.6 is 0 Å². The van der Waals surface area contributed by atoms with Gasteiger partial charge in [-0.1, -0.05) is 18.2 Å². The summed E-state index contributed by atoms with van der Waals surface area (Å²) in [6, 6.07) is 7.03. The SMILES string of the molecule is CO[C@@H]1CCN(Cc2cnc(N(C)C)nc2)C[C@H]1Cc1ccccc1F. The van der Waals surface area contributed by atoms with E-state index < -0.39 is 0 Å². The number of ether oxygens (including phenoxy) is 1. The third kappa shape index (κ3) is 4.56. The van der Waals surface area contributed by atoms with Crippen molar-refractivity contribution in [3.05, 3.63) is 53.6 Å². The number of hydrogen-bond donors (Lipinski definition) is 0. The molecule has 3 rings (SSSR count). The van der Waals surface area contributed by atoms with Gasteiger partial charge in [0.25, 0.3) is 0 Å². The molecular formula is C20H27FN4O. The number of aromatic nitrogens is 2. The first kappa shape index (κ1) is 18.7. The molecule has 0 spiro atoms. The molecule has 0 aliphatic carbocycles. The highest BCUT2D eigenvalue weighted by Gasteiger charge is 2.30. The summed E-state index contributed by atoms with van der Waals surface area (Å²) in [5, 5.41) is 0. The fourth-order valence-corrected chi connectivity index (χ4v) is 3.60. The molecular weight excluding hydrogens is 331 g/mol. The van der Waals surface area contributed by atoms with Crippen molar-refractivity contribution < 1.29 is 9.13 Å². The molecule has 1 aliphatic rings. The fraction of sp³-hybridized carbons (Fsp3) is 0.500. The summed E-state index contributed by atoms with van der Waals surface area (Å²) in [6.07, 6.45) is 5.58. The van der Waals surface area contributed by atoms with E-state index in [1.807, 2.05) is 43.5 Å². The van der Waals surface area contributed by atoms with Crippen molar-refractivity contribution in [1.82, 2.24) is 14.9 Å². The van der Waals surface area contributed by atoms with Crippen LogP contribution in [-0.4, -0.2) is 55.3 Å². The lowest BCUT2D eigenvalue weighted by Gasteiger charge is -2.38. The Morgan fingerprint density at radius 1 is 1.23 bits per heavy atom. The van der Waals surface area contributed by atoms with Crippen LogP contribution in [0.5, 0.6) is 0 Å². The molecule has 5 nitrogen and oxygen atoms in total. The van der Waals surface area contributed by atoms with Crippen molar-refractivity contribution in [2.45, 2.75) is 25.5 Å². The highest BCUT2D eigenvalue weighted by molar-refractivity contribution is 5.26. The van der Waals surface area contributed by atoms with Gasteiger partial charge >= 0.3 is 0 Å². The molecule has 0 saturated carbocycles. The van der Waals surface area contributed by atoms with Gasteiger partial charge in [0.15, 0.2) is 0 Å². The summed E-state index contributed by atoms with van der Waals surface area (Å²) in [5.41, 5.74) is 1.86. The van der Waals surface area contributed by atoms with E-state index in [9.17, 15) is 4.39 Å². The van der Waals surface area contributed by atoms with E-state index in [0.717, 1.165) is 37.2 Å². The predicted octanol–water partition coefficient (Wildman–Crippen LogP) is 2.76. The maximum absolute atomic E-state index is 14.0. The minimum atomic E-state index is -0.132. The highest BCUT2D eigenvalue weighted by atomic mass is 19.1. The van der Waals surface area contributed by atoms with E-state index in [0.29, 0.717) is 12.4 Å². The predicted molar refractivity (Wildman–Crippen MR) is 101 cm³/mol. The molecule has 1 aromatic carbocycles. The van der Waals surface area contributed by atoms with Crippen LogP contribution in [0.2, 0.25) is 0 Å². The Morgan fingerprint density at radius 3 is 2.62 bits per heavy atom. The molecule has 1 fully saturated rings. The molecule has 0 radical (unpaired) electrons. The zero-order valence-electron chi connectivity index (χ0n) is 15.7. The number of methoxy groups -OCH3 is 1. The summed E-state index contributed by atoms with van der Waals surface area (Å²) >= 11 is 0. The molecule has 26 heavy (non-hydrogen) atoms. The quantitative estimate of drug-likeness (QED) is 0.794. The summed E-state index contributed by atoms with van der Waals surface area (Å²) in [5.74, 6) is 0.851. The Balaban J connectivity index is 1.65. The van der Waals surface area contributed by atoms with E-state index in [1.165, 1.54) is 6.07 Å². The van der Waals surface area contributed by atoms with Gasteiger partial charge in [-0.25, -0.2) is 14.4 Å². The molecule has 2 atom stereocenters. The lowest BCUT2D eigenvalue weighted by Crippen LogP contribution is -2.44. The van der Waals surface area contributed by atoms with Gasteiger partial charge < -0.3 is 9.64 Å². The number of likely N-dealkylation sites (tertiary alicyclic amines) is 1. The first-order chi connectivity index (χ1) is 12.6. The van der Waals surface area contributed by atoms with Gasteiger partial charge in [0.2, 0.25) is 5.95 Å². The molecule has 2 aromatic rings. The van der Waals surface area contributed by atoms with Crippen molar-refractivity contribution in [1.29, 1.82) is 0 Å². The van der Waals surface area contributed by atoms with Crippen LogP contribution in [-0.2, 0) is 17.7 Å². The first-order valence-corrected chi connectivity index (χ1v) is 9.03. The Kier molecular flexibility index (Phi) is 6.16. The molecule has 6 heteroatoms. The Bertz CT molecular complexity index is 707. The van der Waals surface area contributed by atoms with Gasteiger partial charge in [0.1, 0.15) is 5.82 Å². The lowest BCUT2D eigenvalue weighted by atomic mass is 9.88. The summed E-state index contributed by atoms with van der Waals surface area (Å²) < 4.78 is 19.7. The second-order valence-corrected chi connectivity index (χ2v) is 7.14. The zero-order valence-corrected chi connectivity index (χ0v) is 15.7. The summed E-state index contributed by atoms with van der Waals surface area (Å²) in [6.45, 7) is 2.64. The zero-order chi connectivity index (χ0) is 18.5. The van der Waals surface area contributed by atoms with E-state index >= 15 is 0 Å². The second kappa shape index (κ2) is 8.56. The third-order valence-electron chi connectivity index (χ3n) is 4.99. The molecule has 0 N–H and O–H groups in total. The molecule has 0 bridgehead atoms. The second-order valence-electron chi connectivity index (χ2n) is 7.14. The van der Waals surface area contributed by atoms with Crippen LogP contribution in [0.15, 0.2) is 36.7 Å². The topological polar surface area (TPSA) is 41.5 Å². The van der Waals surface area contributed by atoms with Crippen LogP contribution in [0, 0.1) is 11.7 Å². The van der Waals surface area contributed by atoms with Gasteiger partial charge in [-0.15, -0.1) is 0 Å². The first-order valence-electron chi connectivity index (χ1n) is 9.03. The third-order valence-corrected chi connectivity index (χ3v) is 4.99. The average Bonchev–Trinajstić information content (AvgIpc) is 2.64. The highest BCUT2D eigenvalue weighted by Crippen LogP contribution is 2.25. The maximum Gasteiger partial charge on any atom is 0.224 e. The number of rotatable bonds is 6. The van der Waals surface area contributed by atoms with E-state index in [-0.39, 0.29) is 17.8 Å². The minimum absolute atomic E-state index is 0.132. The number of benzene rings is 1. The van der Waals surface area contributed by atoms with Gasteiger partial charge in [-0.05, 0) is 24.5 Å². The van der Waals surface area contributed by atoms with Crippen LogP contribution < -0.4 is 4.90 Å². The number of hydrogen-bond acceptors (Lipinski definition) is 5. The molecule has 1 aromatic heterocycles. The van der Waals surface area contributed by atoms with Gasteiger partial charge in [-0.3, -0.25) is 4.90 Å². The lowest BCUT2D eigenvalue weighted by molar-refractivity contribution is -0.00877. The monoisotopic (exact) mass is 358 g/mol. The molecule has 2 heterocycles. The normalized spacial score (nSPS) is 20.9. The van der Waals surface area contributed by atoms with Crippen molar-refractivity contribution in [2.75, 3.05) is 39.2 Å². The van der Waals surface area contributed by atoms with Gasteiger partial charge in [0, 0.05) is 64.7 Å². The molecule has 0 unspecified atom stereocenters. The van der Waals surface area contributed by atoms with Crippen LogP contribution in [0.25, 0.3) is 0 Å². The molecule has 140 valence electrons. The minimum Gasteiger partial charge on any atom is -0.381 e. The Hall–Kier alpha value is -2.05. The van der Waals surface area contributed by atoms with Gasteiger partial charge in [0.05, 0.1) is 6.10 Å². The van der Waals surface area contributed by atoms with Crippen molar-refractivity contribution in [3.63, 3.8) is 0 Å². The number of piperidine rings is 1. The van der Waals surface area contributed by atoms with E-state index in [4.69, 9.17) is 4.74 Å². The number of anilines is 1.